The summed E-state index contributed by atoms with van der Waals surface area (Å²) in [5.41, 5.74) is 0. The standard InChI is InChI=1S/C7H13NO4S.C2H6/c9-13-11-6-7(12-13)5-8-1-3-10-4-2-8;1-2/h7H,1-6H2;1-2H3/t7-,13?;/m1./s1. The van der Waals surface area contributed by atoms with Crippen molar-refractivity contribution in [3.63, 3.8) is 0 Å². The van der Waals surface area contributed by atoms with Gasteiger partial charge in [0.1, 0.15) is 6.10 Å². The van der Waals surface area contributed by atoms with E-state index in [4.69, 9.17) is 13.1 Å². The monoisotopic (exact) mass is 237 g/mol. The lowest BCUT2D eigenvalue weighted by Crippen LogP contribution is -2.41. The van der Waals surface area contributed by atoms with Crippen molar-refractivity contribution in [3.8, 4) is 0 Å². The second-order valence-corrected chi connectivity index (χ2v) is 3.96. The molecular weight excluding hydrogens is 218 g/mol. The van der Waals surface area contributed by atoms with Crippen LogP contribution in [0.2, 0.25) is 0 Å². The van der Waals surface area contributed by atoms with Gasteiger partial charge in [-0.15, -0.1) is 0 Å². The molecule has 2 saturated heterocycles. The van der Waals surface area contributed by atoms with E-state index in [1.807, 2.05) is 13.8 Å². The van der Waals surface area contributed by atoms with Crippen molar-refractivity contribution < 1.29 is 17.3 Å². The molecule has 0 amide bonds. The van der Waals surface area contributed by atoms with Crippen LogP contribution in [0, 0.1) is 0 Å². The average Bonchev–Trinajstić information content (AvgIpc) is 2.68. The third-order valence-electron chi connectivity index (χ3n) is 2.13. The van der Waals surface area contributed by atoms with Crippen LogP contribution in [-0.2, 0) is 24.5 Å². The normalized spacial score (nSPS) is 32.1. The lowest BCUT2D eigenvalue weighted by molar-refractivity contribution is 0.0225. The minimum Gasteiger partial charge on any atom is -0.379 e. The van der Waals surface area contributed by atoms with Gasteiger partial charge < -0.3 is 4.74 Å². The molecule has 0 radical (unpaired) electrons. The van der Waals surface area contributed by atoms with E-state index in [0.717, 1.165) is 32.8 Å². The quantitative estimate of drug-likeness (QED) is 0.693. The predicted octanol–water partition coefficient (Wildman–Crippen LogP) is 0.339. The number of nitrogens with zero attached hydrogens (tertiary/aromatic N) is 1. The van der Waals surface area contributed by atoms with Crippen molar-refractivity contribution in [3.05, 3.63) is 0 Å². The molecular formula is C9H19NO4S. The molecule has 1 unspecified atom stereocenters. The summed E-state index contributed by atoms with van der Waals surface area (Å²) >= 11 is -1.52. The summed E-state index contributed by atoms with van der Waals surface area (Å²) in [5, 5.41) is 0. The van der Waals surface area contributed by atoms with Gasteiger partial charge in [-0.05, 0) is 0 Å². The van der Waals surface area contributed by atoms with Crippen LogP contribution in [0.25, 0.3) is 0 Å². The summed E-state index contributed by atoms with van der Waals surface area (Å²) in [7, 11) is 0. The molecule has 0 aromatic carbocycles. The molecule has 6 heteroatoms. The van der Waals surface area contributed by atoms with E-state index in [1.54, 1.807) is 0 Å². The fourth-order valence-corrected chi connectivity index (χ4v) is 2.11. The fraction of sp³-hybridized carbons (Fsp3) is 1.00. The smallest absolute Gasteiger partial charge is 0.305 e. The molecule has 90 valence electrons. The van der Waals surface area contributed by atoms with E-state index in [0.29, 0.717) is 6.61 Å². The Labute approximate surface area is 93.5 Å². The van der Waals surface area contributed by atoms with Crippen LogP contribution in [0.3, 0.4) is 0 Å². The number of hydrogen-bond acceptors (Lipinski definition) is 5. The first-order valence-electron chi connectivity index (χ1n) is 5.37. The average molecular weight is 237 g/mol. The third-order valence-corrected chi connectivity index (χ3v) is 2.89. The lowest BCUT2D eigenvalue weighted by atomic mass is 10.3. The van der Waals surface area contributed by atoms with Gasteiger partial charge in [-0.25, -0.2) is 0 Å². The molecule has 0 bridgehead atoms. The molecule has 2 atom stereocenters. The van der Waals surface area contributed by atoms with Crippen molar-refractivity contribution in [1.82, 2.24) is 4.90 Å². The summed E-state index contributed by atoms with van der Waals surface area (Å²) in [4.78, 5) is 2.24. The maximum atomic E-state index is 10.7. The number of ether oxygens (including phenoxy) is 1. The zero-order valence-corrected chi connectivity index (χ0v) is 10.1. The van der Waals surface area contributed by atoms with Crippen molar-refractivity contribution in [2.45, 2.75) is 20.0 Å². The molecule has 2 fully saturated rings. The van der Waals surface area contributed by atoms with Crippen molar-refractivity contribution in [2.24, 2.45) is 0 Å². The van der Waals surface area contributed by atoms with Crippen molar-refractivity contribution >= 4 is 11.4 Å². The topological polar surface area (TPSA) is 48.0 Å². The van der Waals surface area contributed by atoms with Crippen LogP contribution < -0.4 is 0 Å². The van der Waals surface area contributed by atoms with Crippen LogP contribution in [0.1, 0.15) is 13.8 Å². The molecule has 2 rings (SSSR count). The minimum absolute atomic E-state index is 0.0427. The van der Waals surface area contributed by atoms with E-state index < -0.39 is 11.4 Å². The van der Waals surface area contributed by atoms with Crippen LogP contribution in [0.15, 0.2) is 0 Å². The van der Waals surface area contributed by atoms with Crippen LogP contribution in [0.4, 0.5) is 0 Å². The Morgan fingerprint density at radius 3 is 2.53 bits per heavy atom. The maximum absolute atomic E-state index is 10.7. The molecule has 2 aliphatic rings. The predicted molar refractivity (Wildman–Crippen MR) is 57.6 cm³/mol. The van der Waals surface area contributed by atoms with Crippen molar-refractivity contribution in [2.75, 3.05) is 39.5 Å². The number of morpholine rings is 1. The second kappa shape index (κ2) is 7.29. The molecule has 15 heavy (non-hydrogen) atoms. The zero-order chi connectivity index (χ0) is 11.1. The maximum Gasteiger partial charge on any atom is 0.305 e. The van der Waals surface area contributed by atoms with Crippen LogP contribution >= 0.6 is 0 Å². The molecule has 2 heterocycles. The Morgan fingerprint density at radius 1 is 1.33 bits per heavy atom. The first kappa shape index (κ1) is 13.1. The van der Waals surface area contributed by atoms with E-state index >= 15 is 0 Å². The van der Waals surface area contributed by atoms with E-state index in [1.165, 1.54) is 0 Å². The summed E-state index contributed by atoms with van der Waals surface area (Å²) in [6.07, 6.45) is -0.0427. The lowest BCUT2D eigenvalue weighted by Gasteiger charge is -2.27. The highest BCUT2D eigenvalue weighted by Crippen LogP contribution is 2.10. The molecule has 0 spiro atoms. The van der Waals surface area contributed by atoms with Crippen LogP contribution in [-0.4, -0.2) is 54.7 Å². The molecule has 5 nitrogen and oxygen atoms in total. The van der Waals surface area contributed by atoms with E-state index in [9.17, 15) is 4.21 Å². The fourth-order valence-electron chi connectivity index (χ4n) is 1.45. The molecule has 0 N–H and O–H groups in total. The summed E-state index contributed by atoms with van der Waals surface area (Å²) < 4.78 is 25.8. The van der Waals surface area contributed by atoms with E-state index in [2.05, 4.69) is 4.90 Å². The molecule has 0 aromatic rings. The van der Waals surface area contributed by atoms with Gasteiger partial charge in [-0.3, -0.25) is 13.3 Å². The summed E-state index contributed by atoms with van der Waals surface area (Å²) in [6.45, 7) is 8.62. The summed E-state index contributed by atoms with van der Waals surface area (Å²) in [5.74, 6) is 0. The molecule has 0 saturated carbocycles. The zero-order valence-electron chi connectivity index (χ0n) is 9.31. The Morgan fingerprint density at radius 2 is 2.00 bits per heavy atom. The van der Waals surface area contributed by atoms with Gasteiger partial charge in [0.2, 0.25) is 0 Å². The minimum atomic E-state index is -1.52. The van der Waals surface area contributed by atoms with Gasteiger partial charge in [0.25, 0.3) is 0 Å². The van der Waals surface area contributed by atoms with Gasteiger partial charge in [0.05, 0.1) is 19.8 Å². The summed E-state index contributed by atoms with van der Waals surface area (Å²) in [6, 6.07) is 0. The Balaban J connectivity index is 0.000000531. The highest BCUT2D eigenvalue weighted by Gasteiger charge is 2.26. The van der Waals surface area contributed by atoms with Gasteiger partial charge in [0, 0.05) is 19.6 Å². The number of hydrogen-bond donors (Lipinski definition) is 0. The first-order chi connectivity index (χ1) is 7.34. The van der Waals surface area contributed by atoms with Gasteiger partial charge in [0.15, 0.2) is 0 Å². The SMILES string of the molecule is CC.O=S1OC[C@@H](CN2CCOCC2)O1. The molecule has 0 aromatic heterocycles. The highest BCUT2D eigenvalue weighted by molar-refractivity contribution is 7.75. The van der Waals surface area contributed by atoms with E-state index in [-0.39, 0.29) is 6.10 Å². The first-order valence-corrected chi connectivity index (χ1v) is 6.37. The Kier molecular flexibility index (Phi) is 6.35. The van der Waals surface area contributed by atoms with Gasteiger partial charge in [-0.2, -0.15) is 4.21 Å². The van der Waals surface area contributed by atoms with Crippen molar-refractivity contribution in [1.29, 1.82) is 0 Å². The molecule has 0 aliphatic carbocycles. The Bertz CT molecular complexity index is 197. The molecule has 2 aliphatic heterocycles. The second-order valence-electron chi connectivity index (χ2n) is 3.12. The highest BCUT2D eigenvalue weighted by atomic mass is 32.2. The van der Waals surface area contributed by atoms with Gasteiger partial charge >= 0.3 is 11.4 Å². The third kappa shape index (κ3) is 4.56. The van der Waals surface area contributed by atoms with Gasteiger partial charge in [-0.1, -0.05) is 13.8 Å². The number of rotatable bonds is 2. The van der Waals surface area contributed by atoms with Crippen LogP contribution in [0.5, 0.6) is 0 Å². The largest absolute Gasteiger partial charge is 0.379 e. The Hall–Kier alpha value is -0.0100.